The van der Waals surface area contributed by atoms with Crippen molar-refractivity contribution >= 4 is 11.9 Å². The zero-order valence-corrected chi connectivity index (χ0v) is 9.64. The van der Waals surface area contributed by atoms with Gasteiger partial charge >= 0.3 is 6.16 Å². The van der Waals surface area contributed by atoms with E-state index in [4.69, 9.17) is 5.11 Å². The van der Waals surface area contributed by atoms with Crippen LogP contribution in [0.25, 0.3) is 0 Å². The molecular formula is C12H16O4. The van der Waals surface area contributed by atoms with Gasteiger partial charge in [-0.25, -0.2) is 4.79 Å². The van der Waals surface area contributed by atoms with Gasteiger partial charge in [0.15, 0.2) is 5.78 Å². The van der Waals surface area contributed by atoms with Crippen molar-refractivity contribution in [3.8, 4) is 0 Å². The molecule has 0 spiro atoms. The molecule has 0 radical (unpaired) electrons. The molecule has 1 N–H and O–H groups in total. The van der Waals surface area contributed by atoms with Crippen LogP contribution in [0.15, 0.2) is 30.3 Å². The molecule has 16 heavy (non-hydrogen) atoms. The van der Waals surface area contributed by atoms with Crippen molar-refractivity contribution < 1.29 is 19.4 Å². The molecule has 0 bridgehead atoms. The minimum Gasteiger partial charge on any atom is -0.450 e. The van der Waals surface area contributed by atoms with Crippen LogP contribution in [-0.2, 0) is 4.74 Å². The minimum atomic E-state index is -1.21. The third kappa shape index (κ3) is 7.55. The summed E-state index contributed by atoms with van der Waals surface area (Å²) in [5.41, 5.74) is 0.775. The standard InChI is InChI=1S/C8H8O.C4H8O3/c1-7(9)8-5-3-2-4-6-8;1-3(2)7-4(5)6/h2-6H,1H3;3H,1-2H3,(H,5,6). The highest BCUT2D eigenvalue weighted by atomic mass is 16.7. The fourth-order valence-electron chi connectivity index (χ4n) is 0.874. The maximum absolute atomic E-state index is 10.6. The van der Waals surface area contributed by atoms with E-state index in [0.29, 0.717) is 0 Å². The average molecular weight is 224 g/mol. The van der Waals surface area contributed by atoms with Gasteiger partial charge in [-0.15, -0.1) is 0 Å². The largest absolute Gasteiger partial charge is 0.506 e. The lowest BCUT2D eigenvalue weighted by molar-refractivity contribution is 0.0659. The number of carbonyl (C=O) groups is 2. The number of carbonyl (C=O) groups excluding carboxylic acids is 1. The van der Waals surface area contributed by atoms with Crippen LogP contribution in [0.1, 0.15) is 31.1 Å². The Kier molecular flexibility index (Phi) is 6.59. The second-order valence-corrected chi connectivity index (χ2v) is 3.35. The smallest absolute Gasteiger partial charge is 0.450 e. The van der Waals surface area contributed by atoms with Crippen LogP contribution in [0.4, 0.5) is 4.79 Å². The van der Waals surface area contributed by atoms with Crippen molar-refractivity contribution in [3.05, 3.63) is 35.9 Å². The number of rotatable bonds is 2. The second kappa shape index (κ2) is 7.45. The van der Waals surface area contributed by atoms with E-state index in [9.17, 15) is 9.59 Å². The number of ether oxygens (including phenoxy) is 1. The molecule has 0 saturated carbocycles. The van der Waals surface area contributed by atoms with Crippen molar-refractivity contribution in [2.45, 2.75) is 26.9 Å². The molecular weight excluding hydrogens is 208 g/mol. The Bertz CT molecular complexity index is 330. The monoisotopic (exact) mass is 224 g/mol. The van der Waals surface area contributed by atoms with E-state index in [1.54, 1.807) is 20.8 Å². The molecule has 4 nitrogen and oxygen atoms in total. The summed E-state index contributed by atoms with van der Waals surface area (Å²) in [7, 11) is 0. The highest BCUT2D eigenvalue weighted by Crippen LogP contribution is 1.97. The summed E-state index contributed by atoms with van der Waals surface area (Å²) < 4.78 is 4.17. The Balaban J connectivity index is 0.000000293. The van der Waals surface area contributed by atoms with Crippen LogP contribution in [-0.4, -0.2) is 23.1 Å². The highest BCUT2D eigenvalue weighted by Gasteiger charge is 1.97. The zero-order chi connectivity index (χ0) is 12.6. The Labute approximate surface area is 94.9 Å². The molecule has 0 amide bonds. The summed E-state index contributed by atoms with van der Waals surface area (Å²) in [5, 5.41) is 7.86. The Morgan fingerprint density at radius 3 is 1.88 bits per heavy atom. The van der Waals surface area contributed by atoms with Crippen molar-refractivity contribution in [1.82, 2.24) is 0 Å². The molecule has 1 aromatic carbocycles. The van der Waals surface area contributed by atoms with E-state index in [1.807, 2.05) is 30.3 Å². The molecule has 1 aromatic rings. The first-order valence-corrected chi connectivity index (χ1v) is 4.89. The maximum atomic E-state index is 10.6. The Morgan fingerprint density at radius 2 is 1.69 bits per heavy atom. The molecule has 0 aromatic heterocycles. The first-order chi connectivity index (χ1) is 7.43. The van der Waals surface area contributed by atoms with Gasteiger partial charge in [0.1, 0.15) is 0 Å². The van der Waals surface area contributed by atoms with Crippen LogP contribution in [0.5, 0.6) is 0 Å². The molecule has 0 aliphatic heterocycles. The number of hydrogen-bond acceptors (Lipinski definition) is 3. The molecule has 0 heterocycles. The number of benzene rings is 1. The van der Waals surface area contributed by atoms with Gasteiger partial charge < -0.3 is 9.84 Å². The van der Waals surface area contributed by atoms with Gasteiger partial charge in [-0.2, -0.15) is 0 Å². The maximum Gasteiger partial charge on any atom is 0.506 e. The topological polar surface area (TPSA) is 63.6 Å². The summed E-state index contributed by atoms with van der Waals surface area (Å²) in [4.78, 5) is 20.2. The van der Waals surface area contributed by atoms with Gasteiger partial charge in [-0.3, -0.25) is 4.79 Å². The van der Waals surface area contributed by atoms with Crippen LogP contribution in [0.3, 0.4) is 0 Å². The zero-order valence-electron chi connectivity index (χ0n) is 9.64. The van der Waals surface area contributed by atoms with Crippen molar-refractivity contribution in [2.75, 3.05) is 0 Å². The molecule has 0 aliphatic carbocycles. The van der Waals surface area contributed by atoms with E-state index < -0.39 is 6.16 Å². The van der Waals surface area contributed by atoms with Crippen LogP contribution < -0.4 is 0 Å². The molecule has 0 saturated heterocycles. The average Bonchev–Trinajstić information content (AvgIpc) is 2.17. The molecule has 1 rings (SSSR count). The SMILES string of the molecule is CC(=O)c1ccccc1.CC(C)OC(=O)O. The van der Waals surface area contributed by atoms with E-state index in [1.165, 1.54) is 0 Å². The lowest BCUT2D eigenvalue weighted by atomic mass is 10.2. The molecule has 0 unspecified atom stereocenters. The summed E-state index contributed by atoms with van der Waals surface area (Å²) in [6.07, 6.45) is -1.44. The fourth-order valence-corrected chi connectivity index (χ4v) is 0.874. The summed E-state index contributed by atoms with van der Waals surface area (Å²) in [5.74, 6) is 0.121. The van der Waals surface area contributed by atoms with Crippen LogP contribution >= 0.6 is 0 Å². The van der Waals surface area contributed by atoms with Gasteiger partial charge in [0.2, 0.25) is 0 Å². The van der Waals surface area contributed by atoms with E-state index >= 15 is 0 Å². The third-order valence-corrected chi connectivity index (χ3v) is 1.52. The second-order valence-electron chi connectivity index (χ2n) is 3.35. The number of carboxylic acid groups (broad SMARTS) is 1. The summed E-state index contributed by atoms with van der Waals surface area (Å²) >= 11 is 0. The van der Waals surface area contributed by atoms with E-state index in [-0.39, 0.29) is 11.9 Å². The van der Waals surface area contributed by atoms with Gasteiger partial charge in [-0.1, -0.05) is 30.3 Å². The van der Waals surface area contributed by atoms with Crippen molar-refractivity contribution in [3.63, 3.8) is 0 Å². The van der Waals surface area contributed by atoms with Crippen molar-refractivity contribution in [2.24, 2.45) is 0 Å². The van der Waals surface area contributed by atoms with E-state index in [2.05, 4.69) is 4.74 Å². The number of Topliss-reactive ketones (excluding diaryl/α,β-unsaturated/α-hetero) is 1. The fraction of sp³-hybridized carbons (Fsp3) is 0.333. The third-order valence-electron chi connectivity index (χ3n) is 1.52. The van der Waals surface area contributed by atoms with Gasteiger partial charge in [0.25, 0.3) is 0 Å². The van der Waals surface area contributed by atoms with Gasteiger partial charge in [-0.05, 0) is 20.8 Å². The molecule has 0 aliphatic rings. The van der Waals surface area contributed by atoms with Crippen LogP contribution in [0, 0.1) is 0 Å². The van der Waals surface area contributed by atoms with Gasteiger partial charge in [0.05, 0.1) is 6.10 Å². The van der Waals surface area contributed by atoms with Crippen molar-refractivity contribution in [1.29, 1.82) is 0 Å². The van der Waals surface area contributed by atoms with E-state index in [0.717, 1.165) is 5.56 Å². The van der Waals surface area contributed by atoms with Gasteiger partial charge in [0, 0.05) is 5.56 Å². The molecule has 4 heteroatoms. The minimum absolute atomic E-state index is 0.121. The summed E-state index contributed by atoms with van der Waals surface area (Å²) in [6.45, 7) is 4.89. The number of hydrogen-bond donors (Lipinski definition) is 1. The lowest BCUT2D eigenvalue weighted by Crippen LogP contribution is -2.07. The summed E-state index contributed by atoms with van der Waals surface area (Å²) in [6, 6.07) is 9.23. The predicted molar refractivity (Wildman–Crippen MR) is 60.7 cm³/mol. The Hall–Kier alpha value is -1.84. The first kappa shape index (κ1) is 14.2. The predicted octanol–water partition coefficient (Wildman–Crippen LogP) is 2.98. The quantitative estimate of drug-likeness (QED) is 0.619. The molecule has 88 valence electrons. The van der Waals surface area contributed by atoms with Crippen LogP contribution in [0.2, 0.25) is 0 Å². The Morgan fingerprint density at radius 1 is 1.19 bits per heavy atom. The lowest BCUT2D eigenvalue weighted by Gasteiger charge is -1.99. The highest BCUT2D eigenvalue weighted by molar-refractivity contribution is 5.93. The normalized spacial score (nSPS) is 9.00. The number of ketones is 1. The molecule has 0 atom stereocenters. The first-order valence-electron chi connectivity index (χ1n) is 4.89. The molecule has 0 fully saturated rings.